The largest absolute Gasteiger partial charge is 0.368 e. The van der Waals surface area contributed by atoms with Crippen molar-refractivity contribution in [3.8, 4) is 0 Å². The van der Waals surface area contributed by atoms with Gasteiger partial charge in [-0.2, -0.15) is 0 Å². The van der Waals surface area contributed by atoms with Gasteiger partial charge in [0.25, 0.3) is 5.91 Å². The number of hydrogen-bond acceptors (Lipinski definition) is 4. The van der Waals surface area contributed by atoms with Crippen molar-refractivity contribution in [2.24, 2.45) is 0 Å². The third-order valence-corrected chi connectivity index (χ3v) is 3.38. The van der Waals surface area contributed by atoms with E-state index < -0.39 is 0 Å². The molecule has 102 valence electrons. The molecule has 1 aliphatic rings. The summed E-state index contributed by atoms with van der Waals surface area (Å²) in [5.41, 5.74) is 8.15. The van der Waals surface area contributed by atoms with Crippen molar-refractivity contribution in [1.82, 2.24) is 15.3 Å². The molecule has 0 fully saturated rings. The molecule has 1 amide bonds. The number of hydrogen-bond donors (Lipinski definition) is 2. The van der Waals surface area contributed by atoms with Crippen molar-refractivity contribution in [3.05, 3.63) is 52.6 Å². The van der Waals surface area contributed by atoms with Gasteiger partial charge in [-0.1, -0.05) is 12.1 Å². The number of nitrogens with zero attached hydrogens (tertiary/aromatic N) is 2. The number of aryl methyl sites for hydroxylation is 1. The van der Waals surface area contributed by atoms with Gasteiger partial charge in [0.05, 0.1) is 23.0 Å². The Labute approximate surface area is 115 Å². The van der Waals surface area contributed by atoms with Crippen LogP contribution in [0.2, 0.25) is 0 Å². The van der Waals surface area contributed by atoms with E-state index in [2.05, 4.69) is 15.3 Å². The lowest BCUT2D eigenvalue weighted by Crippen LogP contribution is -2.37. The van der Waals surface area contributed by atoms with Gasteiger partial charge in [0.2, 0.25) is 5.95 Å². The summed E-state index contributed by atoms with van der Waals surface area (Å²) >= 11 is 0. The number of halogens is 1. The van der Waals surface area contributed by atoms with E-state index in [1.54, 1.807) is 19.1 Å². The lowest BCUT2D eigenvalue weighted by atomic mass is 9.94. The summed E-state index contributed by atoms with van der Waals surface area (Å²) in [7, 11) is 0. The Kier molecular flexibility index (Phi) is 2.85. The smallest absolute Gasteiger partial charge is 0.255 e. The van der Waals surface area contributed by atoms with E-state index in [1.807, 2.05) is 0 Å². The average molecular weight is 272 g/mol. The molecule has 0 saturated heterocycles. The first-order chi connectivity index (χ1) is 9.54. The van der Waals surface area contributed by atoms with E-state index in [0.29, 0.717) is 23.4 Å². The minimum Gasteiger partial charge on any atom is -0.368 e. The van der Waals surface area contributed by atoms with E-state index in [9.17, 15) is 9.18 Å². The van der Waals surface area contributed by atoms with Crippen molar-refractivity contribution in [3.63, 3.8) is 0 Å². The maximum atomic E-state index is 13.0. The number of fused-ring (bicyclic) bond motifs is 1. The molecular formula is C14H13FN4O. The Morgan fingerprint density at radius 3 is 2.70 bits per heavy atom. The van der Waals surface area contributed by atoms with Gasteiger partial charge in [0, 0.05) is 6.42 Å². The molecule has 2 aromatic rings. The molecular weight excluding hydrogens is 259 g/mol. The number of amides is 1. The molecule has 1 atom stereocenters. The minimum atomic E-state index is -0.307. The van der Waals surface area contributed by atoms with Crippen LogP contribution in [0.25, 0.3) is 0 Å². The molecule has 1 aromatic heterocycles. The number of carbonyl (C=O) groups excluding carboxylic acids is 1. The Morgan fingerprint density at radius 2 is 2.00 bits per heavy atom. The van der Waals surface area contributed by atoms with E-state index in [0.717, 1.165) is 5.56 Å². The van der Waals surface area contributed by atoms with E-state index in [1.165, 1.54) is 12.1 Å². The van der Waals surface area contributed by atoms with Gasteiger partial charge in [-0.3, -0.25) is 4.79 Å². The number of benzene rings is 1. The Hall–Kier alpha value is -2.50. The fourth-order valence-corrected chi connectivity index (χ4v) is 2.47. The highest BCUT2D eigenvalue weighted by molar-refractivity contribution is 5.97. The standard InChI is InChI=1S/C14H13FN4O/c1-7-12-11(19-14(16)17-7)6-10(18-13(12)20)8-2-4-9(15)5-3-8/h2-5,10H,6H2,1H3,(H,18,20)(H2,16,17,19)/t10-/m1/s1. The molecule has 0 unspecified atom stereocenters. The van der Waals surface area contributed by atoms with Crippen molar-refractivity contribution >= 4 is 11.9 Å². The first-order valence-electron chi connectivity index (χ1n) is 6.24. The van der Waals surface area contributed by atoms with Crippen LogP contribution in [0.4, 0.5) is 10.3 Å². The van der Waals surface area contributed by atoms with Crippen LogP contribution in [0.15, 0.2) is 24.3 Å². The van der Waals surface area contributed by atoms with Crippen LogP contribution >= 0.6 is 0 Å². The highest BCUT2D eigenvalue weighted by Gasteiger charge is 2.28. The van der Waals surface area contributed by atoms with Crippen molar-refractivity contribution in [2.45, 2.75) is 19.4 Å². The van der Waals surface area contributed by atoms with Crippen LogP contribution in [0, 0.1) is 12.7 Å². The zero-order valence-electron chi connectivity index (χ0n) is 10.9. The summed E-state index contributed by atoms with van der Waals surface area (Å²) in [6, 6.07) is 5.82. The second-order valence-corrected chi connectivity index (χ2v) is 4.77. The maximum Gasteiger partial charge on any atom is 0.255 e. The molecule has 0 radical (unpaired) electrons. The topological polar surface area (TPSA) is 80.9 Å². The molecule has 1 aromatic carbocycles. The third kappa shape index (κ3) is 2.09. The first-order valence-corrected chi connectivity index (χ1v) is 6.24. The summed E-state index contributed by atoms with van der Waals surface area (Å²) in [5, 5.41) is 2.89. The molecule has 0 saturated carbocycles. The second-order valence-electron chi connectivity index (χ2n) is 4.77. The number of nitrogen functional groups attached to an aromatic ring is 1. The summed E-state index contributed by atoms with van der Waals surface area (Å²) in [5.74, 6) is -0.370. The molecule has 0 bridgehead atoms. The fraction of sp³-hybridized carbons (Fsp3) is 0.214. The zero-order valence-corrected chi connectivity index (χ0v) is 10.9. The summed E-state index contributed by atoms with van der Waals surface area (Å²) in [6.45, 7) is 1.73. The van der Waals surface area contributed by atoms with Gasteiger partial charge in [0.15, 0.2) is 0 Å². The first kappa shape index (κ1) is 12.5. The number of rotatable bonds is 1. The van der Waals surface area contributed by atoms with Crippen LogP contribution in [0.5, 0.6) is 0 Å². The Morgan fingerprint density at radius 1 is 1.30 bits per heavy atom. The number of aromatic nitrogens is 2. The van der Waals surface area contributed by atoms with E-state index >= 15 is 0 Å². The van der Waals surface area contributed by atoms with Gasteiger partial charge in [0.1, 0.15) is 5.82 Å². The molecule has 3 rings (SSSR count). The number of anilines is 1. The van der Waals surface area contributed by atoms with E-state index in [-0.39, 0.29) is 23.7 Å². The van der Waals surface area contributed by atoms with Crippen molar-refractivity contribution < 1.29 is 9.18 Å². The predicted octanol–water partition coefficient (Wildman–Crippen LogP) is 1.53. The van der Waals surface area contributed by atoms with Gasteiger partial charge < -0.3 is 11.1 Å². The predicted molar refractivity (Wildman–Crippen MR) is 71.5 cm³/mol. The third-order valence-electron chi connectivity index (χ3n) is 3.38. The van der Waals surface area contributed by atoms with Gasteiger partial charge in [-0.05, 0) is 24.6 Å². The molecule has 5 nitrogen and oxygen atoms in total. The summed E-state index contributed by atoms with van der Waals surface area (Å²) < 4.78 is 13.0. The van der Waals surface area contributed by atoms with Crippen molar-refractivity contribution in [2.75, 3.05) is 5.73 Å². The molecule has 6 heteroatoms. The second kappa shape index (κ2) is 4.56. The molecule has 3 N–H and O–H groups in total. The minimum absolute atomic E-state index is 0.161. The van der Waals surface area contributed by atoms with Crippen LogP contribution < -0.4 is 11.1 Å². The molecule has 0 aliphatic carbocycles. The molecule has 0 spiro atoms. The van der Waals surface area contributed by atoms with Crippen LogP contribution in [0.3, 0.4) is 0 Å². The quantitative estimate of drug-likeness (QED) is 0.825. The highest BCUT2D eigenvalue weighted by atomic mass is 19.1. The zero-order chi connectivity index (χ0) is 14.3. The lowest BCUT2D eigenvalue weighted by Gasteiger charge is -2.26. The molecule has 2 heterocycles. The SMILES string of the molecule is Cc1nc(N)nc2c1C(=O)N[C@@H](c1ccc(F)cc1)C2. The van der Waals surface area contributed by atoms with Crippen LogP contribution in [0.1, 0.15) is 33.4 Å². The maximum absolute atomic E-state index is 13.0. The average Bonchev–Trinajstić information content (AvgIpc) is 2.38. The van der Waals surface area contributed by atoms with Gasteiger partial charge in [-0.15, -0.1) is 0 Å². The van der Waals surface area contributed by atoms with E-state index in [4.69, 9.17) is 5.73 Å². The van der Waals surface area contributed by atoms with Gasteiger partial charge in [-0.25, -0.2) is 14.4 Å². The normalized spacial score (nSPS) is 17.5. The summed E-state index contributed by atoms with van der Waals surface area (Å²) in [6.07, 6.45) is 0.514. The molecule has 1 aliphatic heterocycles. The van der Waals surface area contributed by atoms with Crippen LogP contribution in [-0.2, 0) is 6.42 Å². The highest BCUT2D eigenvalue weighted by Crippen LogP contribution is 2.26. The lowest BCUT2D eigenvalue weighted by molar-refractivity contribution is 0.0922. The number of nitrogens with two attached hydrogens (primary N) is 1. The fourth-order valence-electron chi connectivity index (χ4n) is 2.47. The van der Waals surface area contributed by atoms with Gasteiger partial charge >= 0.3 is 0 Å². The summed E-state index contributed by atoms with van der Waals surface area (Å²) in [4.78, 5) is 20.3. The van der Waals surface area contributed by atoms with Crippen LogP contribution in [-0.4, -0.2) is 15.9 Å². The Bertz CT molecular complexity index is 684. The molecule has 20 heavy (non-hydrogen) atoms. The monoisotopic (exact) mass is 272 g/mol. The number of nitrogens with one attached hydrogen (secondary N) is 1. The van der Waals surface area contributed by atoms with Crippen molar-refractivity contribution in [1.29, 1.82) is 0 Å². The Balaban J connectivity index is 2.00. The number of carbonyl (C=O) groups is 1.